The minimum absolute atomic E-state index is 0.0441. The average molecular weight is 277 g/mol. The van der Waals surface area contributed by atoms with E-state index < -0.39 is 23.6 Å². The summed E-state index contributed by atoms with van der Waals surface area (Å²) in [4.78, 5) is 21.7. The molecule has 0 saturated carbocycles. The number of ether oxygens (including phenoxy) is 2. The van der Waals surface area contributed by atoms with Crippen molar-refractivity contribution in [1.82, 2.24) is 0 Å². The van der Waals surface area contributed by atoms with Crippen molar-refractivity contribution in [2.75, 3.05) is 12.1 Å². The number of carboxylic acids is 1. The zero-order valence-corrected chi connectivity index (χ0v) is 9.08. The monoisotopic (exact) mass is 277 g/mol. The minimum atomic E-state index is -5.07. The van der Waals surface area contributed by atoms with Crippen LogP contribution in [0.4, 0.5) is 18.9 Å². The third-order valence-corrected chi connectivity index (χ3v) is 2.22. The second kappa shape index (κ2) is 4.34. The number of carbonyl (C=O) groups excluding carboxylic acids is 1. The highest BCUT2D eigenvalue weighted by Gasteiger charge is 2.39. The van der Waals surface area contributed by atoms with Gasteiger partial charge in [0.25, 0.3) is 0 Å². The van der Waals surface area contributed by atoms with Gasteiger partial charge in [-0.3, -0.25) is 4.79 Å². The molecule has 102 valence electrons. The fraction of sp³-hybridized carbons (Fsp3) is 0.200. The van der Waals surface area contributed by atoms with E-state index in [9.17, 15) is 22.8 Å². The van der Waals surface area contributed by atoms with Crippen LogP contribution in [0.5, 0.6) is 11.5 Å². The summed E-state index contributed by atoms with van der Waals surface area (Å²) in [5.41, 5.74) is -0.739. The molecule has 19 heavy (non-hydrogen) atoms. The molecule has 0 aliphatic carbocycles. The van der Waals surface area contributed by atoms with E-state index in [-0.39, 0.29) is 24.0 Å². The molecule has 0 unspecified atom stereocenters. The van der Waals surface area contributed by atoms with Crippen molar-refractivity contribution in [3.05, 3.63) is 17.7 Å². The predicted molar refractivity (Wildman–Crippen MR) is 54.2 cm³/mol. The molecule has 1 aromatic rings. The molecule has 0 saturated heterocycles. The number of hydrogen-bond acceptors (Lipinski definition) is 4. The number of anilines is 1. The number of hydrogen-bond donors (Lipinski definition) is 2. The lowest BCUT2D eigenvalue weighted by Crippen LogP contribution is -2.30. The molecular weight excluding hydrogens is 271 g/mol. The molecule has 0 aromatic heterocycles. The smallest absolute Gasteiger partial charge is 0.471 e. The van der Waals surface area contributed by atoms with Gasteiger partial charge in [-0.15, -0.1) is 0 Å². The van der Waals surface area contributed by atoms with Crippen LogP contribution in [0.1, 0.15) is 10.4 Å². The topological polar surface area (TPSA) is 84.9 Å². The van der Waals surface area contributed by atoms with Crippen LogP contribution < -0.4 is 14.8 Å². The molecule has 9 heteroatoms. The van der Waals surface area contributed by atoms with E-state index in [1.807, 2.05) is 0 Å². The second-order valence-electron chi connectivity index (χ2n) is 3.51. The van der Waals surface area contributed by atoms with Crippen molar-refractivity contribution < 1.29 is 37.3 Å². The summed E-state index contributed by atoms with van der Waals surface area (Å²) in [6.07, 6.45) is -5.07. The summed E-state index contributed by atoms with van der Waals surface area (Å²) < 4.78 is 46.0. The number of rotatable bonds is 2. The van der Waals surface area contributed by atoms with E-state index in [1.165, 1.54) is 0 Å². The Labute approximate surface area is 103 Å². The second-order valence-corrected chi connectivity index (χ2v) is 3.51. The maximum atomic E-state index is 12.1. The van der Waals surface area contributed by atoms with Gasteiger partial charge >= 0.3 is 18.1 Å². The largest absolute Gasteiger partial charge is 0.478 e. The molecule has 0 spiro atoms. The van der Waals surface area contributed by atoms with Gasteiger partial charge in [0.05, 0.1) is 0 Å². The quantitative estimate of drug-likeness (QED) is 0.857. The number of alkyl halides is 3. The molecule has 0 fully saturated rings. The van der Waals surface area contributed by atoms with Gasteiger partial charge < -0.3 is 19.9 Å². The number of carboxylic acid groups (broad SMARTS) is 1. The Hall–Kier alpha value is -2.45. The fourth-order valence-electron chi connectivity index (χ4n) is 1.44. The average Bonchev–Trinajstić information content (AvgIpc) is 2.74. The van der Waals surface area contributed by atoms with Crippen molar-refractivity contribution in [2.45, 2.75) is 6.18 Å². The summed E-state index contributed by atoms with van der Waals surface area (Å²) in [5, 5.41) is 10.4. The number of benzene rings is 1. The van der Waals surface area contributed by atoms with Crippen molar-refractivity contribution in [3.63, 3.8) is 0 Å². The van der Waals surface area contributed by atoms with Gasteiger partial charge in [-0.25, -0.2) is 4.79 Å². The lowest BCUT2D eigenvalue weighted by atomic mass is 10.1. The van der Waals surface area contributed by atoms with E-state index in [1.54, 1.807) is 5.32 Å². The van der Waals surface area contributed by atoms with E-state index in [0.717, 1.165) is 12.1 Å². The number of fused-ring (bicyclic) bond motifs is 1. The highest BCUT2D eigenvalue weighted by molar-refractivity contribution is 5.98. The number of aromatic carboxylic acids is 1. The molecule has 1 aliphatic rings. The summed E-state index contributed by atoms with van der Waals surface area (Å²) >= 11 is 0. The van der Waals surface area contributed by atoms with Crippen LogP contribution in [-0.4, -0.2) is 30.0 Å². The molecule has 1 heterocycles. The first-order valence-electron chi connectivity index (χ1n) is 4.84. The van der Waals surface area contributed by atoms with Crippen LogP contribution in [0.3, 0.4) is 0 Å². The highest BCUT2D eigenvalue weighted by atomic mass is 19.4. The van der Waals surface area contributed by atoms with Gasteiger partial charge in [0, 0.05) is 11.8 Å². The summed E-state index contributed by atoms with van der Waals surface area (Å²) in [7, 11) is 0. The normalized spacial score (nSPS) is 13.2. The Kier molecular flexibility index (Phi) is 2.97. The fourth-order valence-corrected chi connectivity index (χ4v) is 1.44. The maximum Gasteiger partial charge on any atom is 0.471 e. The van der Waals surface area contributed by atoms with E-state index in [0.29, 0.717) is 0 Å². The summed E-state index contributed by atoms with van der Waals surface area (Å²) in [6, 6.07) is 1.91. The third-order valence-electron chi connectivity index (χ3n) is 2.22. The van der Waals surface area contributed by atoms with Gasteiger partial charge in [0.1, 0.15) is 5.56 Å². The molecule has 0 atom stereocenters. The van der Waals surface area contributed by atoms with Crippen LogP contribution in [0.25, 0.3) is 0 Å². The van der Waals surface area contributed by atoms with Gasteiger partial charge in [0.15, 0.2) is 11.5 Å². The van der Waals surface area contributed by atoms with E-state index in [2.05, 4.69) is 0 Å². The van der Waals surface area contributed by atoms with E-state index in [4.69, 9.17) is 14.6 Å². The first-order chi connectivity index (χ1) is 8.79. The van der Waals surface area contributed by atoms with E-state index >= 15 is 0 Å². The summed E-state index contributed by atoms with van der Waals surface area (Å²) in [6.45, 7) is -0.244. The van der Waals surface area contributed by atoms with Crippen molar-refractivity contribution >= 4 is 17.6 Å². The molecular formula is C10H6F3NO5. The zero-order valence-electron chi connectivity index (χ0n) is 9.08. The Morgan fingerprint density at radius 3 is 2.53 bits per heavy atom. The maximum absolute atomic E-state index is 12.1. The van der Waals surface area contributed by atoms with Crippen molar-refractivity contribution in [2.24, 2.45) is 0 Å². The molecule has 2 N–H and O–H groups in total. The highest BCUT2D eigenvalue weighted by Crippen LogP contribution is 2.38. The zero-order chi connectivity index (χ0) is 14.2. The van der Waals surface area contributed by atoms with Crippen LogP contribution in [0, 0.1) is 0 Å². The van der Waals surface area contributed by atoms with Crippen molar-refractivity contribution in [3.8, 4) is 11.5 Å². The Morgan fingerprint density at radius 1 is 1.26 bits per heavy atom. The van der Waals surface area contributed by atoms with Crippen molar-refractivity contribution in [1.29, 1.82) is 0 Å². The number of carbonyl (C=O) groups is 2. The molecule has 2 rings (SSSR count). The van der Waals surface area contributed by atoms with Crippen LogP contribution >= 0.6 is 0 Å². The molecule has 0 bridgehead atoms. The summed E-state index contributed by atoms with van der Waals surface area (Å²) in [5.74, 6) is -3.75. The molecule has 6 nitrogen and oxygen atoms in total. The number of amides is 1. The lowest BCUT2D eigenvalue weighted by Gasteiger charge is -2.09. The predicted octanol–water partition coefficient (Wildman–Crippen LogP) is 1.61. The van der Waals surface area contributed by atoms with Gasteiger partial charge in [-0.1, -0.05) is 0 Å². The number of halogens is 3. The Bertz CT molecular complexity index is 555. The third kappa shape index (κ3) is 2.54. The SMILES string of the molecule is O=C(O)c1cc(NC(=O)C(F)(F)F)cc2c1OCO2. The Morgan fingerprint density at radius 2 is 1.95 bits per heavy atom. The Balaban J connectivity index is 2.36. The number of nitrogens with one attached hydrogen (secondary N) is 1. The van der Waals surface area contributed by atoms with Crippen LogP contribution in [0.2, 0.25) is 0 Å². The molecule has 1 aromatic carbocycles. The lowest BCUT2D eigenvalue weighted by molar-refractivity contribution is -0.167. The minimum Gasteiger partial charge on any atom is -0.478 e. The van der Waals surface area contributed by atoms with Crippen LogP contribution in [-0.2, 0) is 4.79 Å². The molecule has 1 amide bonds. The molecule has 1 aliphatic heterocycles. The first-order valence-corrected chi connectivity index (χ1v) is 4.84. The van der Waals surface area contributed by atoms with Crippen LogP contribution in [0.15, 0.2) is 12.1 Å². The van der Waals surface area contributed by atoms with Gasteiger partial charge in [-0.2, -0.15) is 13.2 Å². The van der Waals surface area contributed by atoms with Gasteiger partial charge in [0.2, 0.25) is 6.79 Å². The van der Waals surface area contributed by atoms with Gasteiger partial charge in [-0.05, 0) is 6.07 Å². The standard InChI is InChI=1S/C10H6F3NO5/c11-10(12,13)9(17)14-4-1-5(8(15)16)7-6(2-4)18-3-19-7/h1-2H,3H2,(H,14,17)(H,15,16). The molecule has 0 radical (unpaired) electrons. The first kappa shape index (κ1) is 13.0.